The predicted molar refractivity (Wildman–Crippen MR) is 68.1 cm³/mol. The Morgan fingerprint density at radius 1 is 1.59 bits per heavy atom. The lowest BCUT2D eigenvalue weighted by Gasteiger charge is -2.02. The van der Waals surface area contributed by atoms with Gasteiger partial charge in [-0.25, -0.2) is 9.78 Å². The molecule has 0 saturated carbocycles. The van der Waals surface area contributed by atoms with E-state index in [-0.39, 0.29) is 5.15 Å². The third-order valence-corrected chi connectivity index (χ3v) is 3.28. The zero-order chi connectivity index (χ0) is 12.7. The van der Waals surface area contributed by atoms with E-state index in [0.717, 1.165) is 19.6 Å². The summed E-state index contributed by atoms with van der Waals surface area (Å²) in [5, 5.41) is 3.87. The first-order chi connectivity index (χ1) is 8.19. The van der Waals surface area contributed by atoms with Gasteiger partial charge in [-0.05, 0) is 13.3 Å². The molecule has 0 atom stereocenters. The average Bonchev–Trinajstić information content (AvgIpc) is 2.69. The number of hydrogen-bond acceptors (Lipinski definition) is 6. The Bertz CT molecular complexity index is 370. The van der Waals surface area contributed by atoms with E-state index in [1.807, 2.05) is 6.92 Å². The maximum absolute atomic E-state index is 11.3. The lowest BCUT2D eigenvalue weighted by atomic mass is 10.4. The molecule has 7 heteroatoms. The summed E-state index contributed by atoms with van der Waals surface area (Å²) in [6.07, 6.45) is 0.874. The number of nitrogens with one attached hydrogen (secondary N) is 1. The van der Waals surface area contributed by atoms with Gasteiger partial charge in [-0.15, -0.1) is 0 Å². The van der Waals surface area contributed by atoms with Crippen LogP contribution in [0.5, 0.6) is 0 Å². The largest absolute Gasteiger partial charge is 0.465 e. The molecule has 0 aliphatic heterocycles. The molecule has 0 aliphatic carbocycles. The monoisotopic (exact) mass is 278 g/mol. The number of anilines is 1. The molecule has 0 aliphatic rings. The van der Waals surface area contributed by atoms with Gasteiger partial charge >= 0.3 is 5.97 Å². The number of thiazole rings is 1. The first kappa shape index (κ1) is 14.2. The smallest absolute Gasteiger partial charge is 0.351 e. The molecule has 1 heterocycles. The Morgan fingerprint density at radius 2 is 2.35 bits per heavy atom. The van der Waals surface area contributed by atoms with Crippen molar-refractivity contribution in [3.63, 3.8) is 0 Å². The van der Waals surface area contributed by atoms with Crippen LogP contribution in [0.4, 0.5) is 5.13 Å². The zero-order valence-electron chi connectivity index (χ0n) is 9.79. The van der Waals surface area contributed by atoms with Crippen LogP contribution < -0.4 is 5.32 Å². The second kappa shape index (κ2) is 7.47. The minimum absolute atomic E-state index is 0.175. The molecule has 0 unspecified atom stereocenters. The molecular weight excluding hydrogens is 264 g/mol. The summed E-state index contributed by atoms with van der Waals surface area (Å²) in [5.41, 5.74) is 0. The van der Waals surface area contributed by atoms with Gasteiger partial charge < -0.3 is 14.8 Å². The van der Waals surface area contributed by atoms with Crippen LogP contribution in [0.3, 0.4) is 0 Å². The molecule has 0 amide bonds. The molecule has 1 N–H and O–H groups in total. The molecule has 96 valence electrons. The molecule has 0 radical (unpaired) electrons. The van der Waals surface area contributed by atoms with Gasteiger partial charge in [0.05, 0.1) is 7.11 Å². The van der Waals surface area contributed by atoms with Crippen molar-refractivity contribution in [1.82, 2.24) is 4.98 Å². The Labute approximate surface area is 109 Å². The molecular formula is C10H15ClN2O3S. The molecule has 0 spiro atoms. The van der Waals surface area contributed by atoms with Crippen LogP contribution in [0.1, 0.15) is 23.0 Å². The van der Waals surface area contributed by atoms with Crippen molar-refractivity contribution >= 4 is 34.0 Å². The van der Waals surface area contributed by atoms with E-state index >= 15 is 0 Å². The predicted octanol–water partition coefficient (Wildman–Crippen LogP) is 2.42. The van der Waals surface area contributed by atoms with Crippen molar-refractivity contribution in [3.8, 4) is 0 Å². The second-order valence-corrected chi connectivity index (χ2v) is 4.46. The normalized spacial score (nSPS) is 10.3. The van der Waals surface area contributed by atoms with Crippen LogP contribution in [0, 0.1) is 0 Å². The Hall–Kier alpha value is -0.850. The fraction of sp³-hybridized carbons (Fsp3) is 0.600. The highest BCUT2D eigenvalue weighted by Crippen LogP contribution is 2.27. The third kappa shape index (κ3) is 4.49. The van der Waals surface area contributed by atoms with Gasteiger partial charge in [0.1, 0.15) is 0 Å². The van der Waals surface area contributed by atoms with Gasteiger partial charge in [0.2, 0.25) is 0 Å². The van der Waals surface area contributed by atoms with Crippen LogP contribution in [0.15, 0.2) is 0 Å². The Kier molecular flexibility index (Phi) is 6.25. The van der Waals surface area contributed by atoms with Crippen LogP contribution in [0.2, 0.25) is 5.15 Å². The summed E-state index contributed by atoms with van der Waals surface area (Å²) >= 11 is 7.00. The lowest BCUT2D eigenvalue weighted by molar-refractivity contribution is 0.0606. The lowest BCUT2D eigenvalue weighted by Crippen LogP contribution is -2.05. The minimum Gasteiger partial charge on any atom is -0.465 e. The number of methoxy groups -OCH3 is 1. The summed E-state index contributed by atoms with van der Waals surface area (Å²) in [4.78, 5) is 15.6. The molecule has 1 aromatic rings. The summed E-state index contributed by atoms with van der Waals surface area (Å²) < 4.78 is 9.79. The number of esters is 1. The average molecular weight is 279 g/mol. The number of halogens is 1. The number of carbonyl (C=O) groups excluding carboxylic acids is 1. The number of nitrogens with zero attached hydrogens (tertiary/aromatic N) is 1. The summed E-state index contributed by atoms with van der Waals surface area (Å²) in [6, 6.07) is 0. The minimum atomic E-state index is -0.463. The van der Waals surface area contributed by atoms with Crippen molar-refractivity contribution < 1.29 is 14.3 Å². The van der Waals surface area contributed by atoms with Crippen molar-refractivity contribution in [1.29, 1.82) is 0 Å². The molecule has 0 fully saturated rings. The Balaban J connectivity index is 2.42. The zero-order valence-corrected chi connectivity index (χ0v) is 11.4. The fourth-order valence-electron chi connectivity index (χ4n) is 1.11. The Morgan fingerprint density at radius 3 is 3.00 bits per heavy atom. The van der Waals surface area contributed by atoms with E-state index < -0.39 is 5.97 Å². The van der Waals surface area contributed by atoms with E-state index in [1.165, 1.54) is 18.4 Å². The number of hydrogen-bond donors (Lipinski definition) is 1. The van der Waals surface area contributed by atoms with Gasteiger partial charge in [0, 0.05) is 19.8 Å². The van der Waals surface area contributed by atoms with Crippen molar-refractivity contribution in [2.75, 3.05) is 32.2 Å². The number of ether oxygens (including phenoxy) is 2. The quantitative estimate of drug-likeness (QED) is 0.613. The van der Waals surface area contributed by atoms with E-state index in [1.54, 1.807) is 0 Å². The van der Waals surface area contributed by atoms with Gasteiger partial charge in [-0.2, -0.15) is 0 Å². The van der Waals surface area contributed by atoms with Gasteiger partial charge in [-0.3, -0.25) is 0 Å². The molecule has 0 saturated heterocycles. The number of carbonyl (C=O) groups is 1. The molecule has 5 nitrogen and oxygen atoms in total. The highest BCUT2D eigenvalue weighted by Gasteiger charge is 2.16. The van der Waals surface area contributed by atoms with Gasteiger partial charge in [-0.1, -0.05) is 22.9 Å². The molecule has 1 aromatic heterocycles. The van der Waals surface area contributed by atoms with Crippen molar-refractivity contribution in [2.45, 2.75) is 13.3 Å². The van der Waals surface area contributed by atoms with Crippen LogP contribution >= 0.6 is 22.9 Å². The highest BCUT2D eigenvalue weighted by atomic mass is 35.5. The van der Waals surface area contributed by atoms with Crippen molar-refractivity contribution in [2.24, 2.45) is 0 Å². The second-order valence-electron chi connectivity index (χ2n) is 3.11. The number of rotatable bonds is 7. The maximum atomic E-state index is 11.3. The summed E-state index contributed by atoms with van der Waals surface area (Å²) in [5.74, 6) is -0.463. The molecule has 0 aromatic carbocycles. The van der Waals surface area contributed by atoms with E-state index in [0.29, 0.717) is 16.6 Å². The highest BCUT2D eigenvalue weighted by molar-refractivity contribution is 7.18. The van der Waals surface area contributed by atoms with E-state index in [4.69, 9.17) is 16.3 Å². The van der Waals surface area contributed by atoms with Crippen LogP contribution in [-0.4, -0.2) is 37.8 Å². The standard InChI is InChI=1S/C10H15ClN2O3S/c1-3-16-6-4-5-12-10-13-8(11)7(17-10)9(14)15-2/h3-6H2,1-2H3,(H,12,13). The summed E-state index contributed by atoms with van der Waals surface area (Å²) in [6.45, 7) is 4.10. The van der Waals surface area contributed by atoms with Crippen LogP contribution in [0.25, 0.3) is 0 Å². The fourth-order valence-corrected chi connectivity index (χ4v) is 2.24. The van der Waals surface area contributed by atoms with Gasteiger partial charge in [0.25, 0.3) is 0 Å². The van der Waals surface area contributed by atoms with E-state index in [2.05, 4.69) is 15.0 Å². The maximum Gasteiger partial charge on any atom is 0.351 e. The molecule has 0 bridgehead atoms. The van der Waals surface area contributed by atoms with Crippen molar-refractivity contribution in [3.05, 3.63) is 10.0 Å². The SMILES string of the molecule is CCOCCCNc1nc(Cl)c(C(=O)OC)s1. The topological polar surface area (TPSA) is 60.5 Å². The molecule has 1 rings (SSSR count). The molecule has 17 heavy (non-hydrogen) atoms. The number of aromatic nitrogens is 1. The van der Waals surface area contributed by atoms with Crippen LogP contribution in [-0.2, 0) is 9.47 Å². The first-order valence-electron chi connectivity index (χ1n) is 5.25. The first-order valence-corrected chi connectivity index (χ1v) is 6.44. The third-order valence-electron chi connectivity index (χ3n) is 1.90. The summed E-state index contributed by atoms with van der Waals surface area (Å²) in [7, 11) is 1.31. The van der Waals surface area contributed by atoms with E-state index in [9.17, 15) is 4.79 Å². The van der Waals surface area contributed by atoms with Gasteiger partial charge in [0.15, 0.2) is 15.2 Å².